The standard InChI is InChI=1S/C11H9N3O3/c12-5-7-1-2-13-10(3-7)14-8(6-15)4-9(16)11(14)17/h1-3,6,8-9,16H,4H2. The van der Waals surface area contributed by atoms with Crippen LogP contribution in [-0.2, 0) is 9.59 Å². The van der Waals surface area contributed by atoms with E-state index in [-0.39, 0.29) is 12.2 Å². The van der Waals surface area contributed by atoms with Crippen LogP contribution in [0.25, 0.3) is 0 Å². The van der Waals surface area contributed by atoms with E-state index in [1.54, 1.807) is 0 Å². The first-order valence-corrected chi connectivity index (χ1v) is 5.00. The minimum Gasteiger partial charge on any atom is -0.383 e. The summed E-state index contributed by atoms with van der Waals surface area (Å²) >= 11 is 0. The lowest BCUT2D eigenvalue weighted by Gasteiger charge is -2.18. The van der Waals surface area contributed by atoms with Gasteiger partial charge in [0.05, 0.1) is 17.7 Å². The van der Waals surface area contributed by atoms with Crippen molar-refractivity contribution in [2.45, 2.75) is 18.6 Å². The van der Waals surface area contributed by atoms with Gasteiger partial charge in [-0.25, -0.2) is 4.98 Å². The van der Waals surface area contributed by atoms with Gasteiger partial charge >= 0.3 is 0 Å². The number of nitrogens with zero attached hydrogens (tertiary/aromatic N) is 3. The maximum atomic E-state index is 11.7. The van der Waals surface area contributed by atoms with Crippen LogP contribution in [0.4, 0.5) is 5.82 Å². The van der Waals surface area contributed by atoms with E-state index in [0.29, 0.717) is 11.8 Å². The number of rotatable bonds is 2. The number of aldehydes is 1. The molecule has 6 heteroatoms. The summed E-state index contributed by atoms with van der Waals surface area (Å²) in [7, 11) is 0. The smallest absolute Gasteiger partial charge is 0.257 e. The lowest BCUT2D eigenvalue weighted by molar-refractivity contribution is -0.124. The molecule has 1 aromatic heterocycles. The number of pyridine rings is 1. The Morgan fingerprint density at radius 3 is 3.06 bits per heavy atom. The Hall–Kier alpha value is -2.26. The highest BCUT2D eigenvalue weighted by Gasteiger charge is 2.39. The highest BCUT2D eigenvalue weighted by molar-refractivity contribution is 6.02. The van der Waals surface area contributed by atoms with Crippen molar-refractivity contribution in [3.05, 3.63) is 23.9 Å². The molecule has 0 aromatic carbocycles. The normalized spacial score (nSPS) is 23.5. The van der Waals surface area contributed by atoms with E-state index < -0.39 is 18.1 Å². The van der Waals surface area contributed by atoms with Gasteiger partial charge in [0.1, 0.15) is 18.2 Å². The van der Waals surface area contributed by atoms with Gasteiger partial charge in [-0.05, 0) is 12.1 Å². The van der Waals surface area contributed by atoms with Gasteiger partial charge in [0, 0.05) is 12.6 Å². The zero-order valence-electron chi connectivity index (χ0n) is 8.78. The Kier molecular flexibility index (Phi) is 2.85. The highest BCUT2D eigenvalue weighted by Crippen LogP contribution is 2.24. The topological polar surface area (TPSA) is 94.3 Å². The summed E-state index contributed by atoms with van der Waals surface area (Å²) < 4.78 is 0. The van der Waals surface area contributed by atoms with Crippen LogP contribution in [0.2, 0.25) is 0 Å². The van der Waals surface area contributed by atoms with Gasteiger partial charge < -0.3 is 9.90 Å². The fraction of sp³-hybridized carbons (Fsp3) is 0.273. The largest absolute Gasteiger partial charge is 0.383 e. The SMILES string of the molecule is N#Cc1ccnc(N2C(=O)C(O)CC2C=O)c1. The Balaban J connectivity index is 2.41. The van der Waals surface area contributed by atoms with E-state index in [9.17, 15) is 14.7 Å². The van der Waals surface area contributed by atoms with Crippen LogP contribution in [0.5, 0.6) is 0 Å². The fourth-order valence-electron chi connectivity index (χ4n) is 1.78. The molecule has 1 amide bonds. The quantitative estimate of drug-likeness (QED) is 0.700. The number of hydrogen-bond donors (Lipinski definition) is 1. The van der Waals surface area contributed by atoms with Crippen molar-refractivity contribution >= 4 is 18.0 Å². The third-order valence-corrected chi connectivity index (χ3v) is 2.60. The number of carbonyl (C=O) groups is 2. The molecule has 0 aliphatic carbocycles. The molecule has 0 saturated carbocycles. The van der Waals surface area contributed by atoms with E-state index in [0.717, 1.165) is 4.90 Å². The Morgan fingerprint density at radius 1 is 1.65 bits per heavy atom. The molecule has 1 aliphatic heterocycles. The Labute approximate surface area is 97.1 Å². The van der Waals surface area contributed by atoms with Gasteiger partial charge in [-0.2, -0.15) is 5.26 Å². The highest BCUT2D eigenvalue weighted by atomic mass is 16.3. The van der Waals surface area contributed by atoms with Crippen molar-refractivity contribution in [2.75, 3.05) is 4.90 Å². The van der Waals surface area contributed by atoms with Gasteiger partial charge in [0.15, 0.2) is 0 Å². The maximum absolute atomic E-state index is 11.7. The van der Waals surface area contributed by atoms with Gasteiger partial charge in [0.25, 0.3) is 5.91 Å². The van der Waals surface area contributed by atoms with Crippen molar-refractivity contribution in [3.63, 3.8) is 0 Å². The first-order valence-electron chi connectivity index (χ1n) is 5.00. The molecule has 17 heavy (non-hydrogen) atoms. The lowest BCUT2D eigenvalue weighted by Crippen LogP contribution is -2.36. The number of hydrogen-bond acceptors (Lipinski definition) is 5. The predicted octanol–water partition coefficient (Wildman–Crippen LogP) is -0.382. The average Bonchev–Trinajstić information content (AvgIpc) is 2.65. The summed E-state index contributed by atoms with van der Waals surface area (Å²) in [5.41, 5.74) is 0.342. The van der Waals surface area contributed by atoms with Crippen LogP contribution in [0.3, 0.4) is 0 Å². The van der Waals surface area contributed by atoms with Crippen LogP contribution in [-0.4, -0.2) is 34.4 Å². The molecule has 1 aliphatic rings. The van der Waals surface area contributed by atoms with Crippen molar-refractivity contribution in [1.82, 2.24) is 4.98 Å². The summed E-state index contributed by atoms with van der Waals surface area (Å²) in [6.45, 7) is 0. The van der Waals surface area contributed by atoms with Crippen LogP contribution >= 0.6 is 0 Å². The second-order valence-corrected chi connectivity index (χ2v) is 3.68. The molecule has 6 nitrogen and oxygen atoms in total. The molecule has 2 unspecified atom stereocenters. The molecule has 1 fully saturated rings. The molecule has 0 spiro atoms. The average molecular weight is 231 g/mol. The monoisotopic (exact) mass is 231 g/mol. The lowest BCUT2D eigenvalue weighted by atomic mass is 10.2. The van der Waals surface area contributed by atoms with Gasteiger partial charge in [-0.1, -0.05) is 0 Å². The summed E-state index contributed by atoms with van der Waals surface area (Å²) in [5, 5.41) is 18.2. The van der Waals surface area contributed by atoms with Crippen LogP contribution in [0.1, 0.15) is 12.0 Å². The van der Waals surface area contributed by atoms with Crippen LogP contribution in [0.15, 0.2) is 18.3 Å². The summed E-state index contributed by atoms with van der Waals surface area (Å²) in [6, 6.07) is 4.10. The molecule has 2 rings (SSSR count). The van der Waals surface area contributed by atoms with Gasteiger partial charge in [-0.3, -0.25) is 9.69 Å². The predicted molar refractivity (Wildman–Crippen MR) is 56.9 cm³/mol. The molecule has 2 atom stereocenters. The summed E-state index contributed by atoms with van der Waals surface area (Å²) in [6.07, 6.45) is 0.848. The number of amides is 1. The van der Waals surface area contributed by atoms with Crippen molar-refractivity contribution in [3.8, 4) is 6.07 Å². The Morgan fingerprint density at radius 2 is 2.41 bits per heavy atom. The second kappa shape index (κ2) is 4.31. The maximum Gasteiger partial charge on any atom is 0.257 e. The van der Waals surface area contributed by atoms with E-state index in [4.69, 9.17) is 5.26 Å². The van der Waals surface area contributed by atoms with Gasteiger partial charge in [-0.15, -0.1) is 0 Å². The zero-order valence-corrected chi connectivity index (χ0v) is 8.78. The zero-order chi connectivity index (χ0) is 12.4. The molecule has 1 N–H and O–H groups in total. The molecule has 0 bridgehead atoms. The van der Waals surface area contributed by atoms with E-state index in [2.05, 4.69) is 4.98 Å². The molecule has 2 heterocycles. The third kappa shape index (κ3) is 1.88. The van der Waals surface area contributed by atoms with Crippen LogP contribution in [0, 0.1) is 11.3 Å². The van der Waals surface area contributed by atoms with E-state index in [1.807, 2.05) is 6.07 Å². The van der Waals surface area contributed by atoms with Crippen molar-refractivity contribution in [2.24, 2.45) is 0 Å². The first kappa shape index (κ1) is 11.2. The van der Waals surface area contributed by atoms with Crippen molar-refractivity contribution < 1.29 is 14.7 Å². The third-order valence-electron chi connectivity index (χ3n) is 2.60. The number of nitriles is 1. The van der Waals surface area contributed by atoms with E-state index >= 15 is 0 Å². The molecule has 0 radical (unpaired) electrons. The molecule has 86 valence electrons. The molecular formula is C11H9N3O3. The molecular weight excluding hydrogens is 222 g/mol. The van der Waals surface area contributed by atoms with Crippen molar-refractivity contribution in [1.29, 1.82) is 5.26 Å². The number of aromatic nitrogens is 1. The van der Waals surface area contributed by atoms with E-state index in [1.165, 1.54) is 18.3 Å². The summed E-state index contributed by atoms with van der Waals surface area (Å²) in [4.78, 5) is 27.6. The Bertz CT molecular complexity index is 509. The first-order chi connectivity index (χ1) is 8.17. The minimum absolute atomic E-state index is 0.0563. The minimum atomic E-state index is -1.18. The van der Waals surface area contributed by atoms with Crippen LogP contribution < -0.4 is 4.90 Å². The fourth-order valence-corrected chi connectivity index (χ4v) is 1.78. The number of aliphatic hydroxyl groups excluding tert-OH is 1. The number of aliphatic hydroxyl groups is 1. The molecule has 1 aromatic rings. The second-order valence-electron chi connectivity index (χ2n) is 3.68. The number of carbonyl (C=O) groups excluding carboxylic acids is 2. The molecule has 1 saturated heterocycles. The number of anilines is 1. The summed E-state index contributed by atoms with van der Waals surface area (Å²) in [5.74, 6) is -0.354. The van der Waals surface area contributed by atoms with Gasteiger partial charge in [0.2, 0.25) is 0 Å².